The molecule has 1 amide bonds. The number of hydrogen-bond donors (Lipinski definition) is 2. The van der Waals surface area contributed by atoms with Crippen molar-refractivity contribution in [3.63, 3.8) is 0 Å². The Bertz CT molecular complexity index is 1190. The number of para-hydroxylation sites is 1. The first-order chi connectivity index (χ1) is 17.5. The van der Waals surface area contributed by atoms with Crippen LogP contribution in [0.3, 0.4) is 0 Å². The van der Waals surface area contributed by atoms with Gasteiger partial charge >= 0.3 is 0 Å². The van der Waals surface area contributed by atoms with Gasteiger partial charge in [0.15, 0.2) is 0 Å². The van der Waals surface area contributed by atoms with Crippen molar-refractivity contribution in [3.05, 3.63) is 54.4 Å². The van der Waals surface area contributed by atoms with Crippen LogP contribution < -0.4 is 20.3 Å². The zero-order valence-electron chi connectivity index (χ0n) is 21.4. The number of nitrogens with one attached hydrogen (secondary N) is 2. The number of benzene rings is 2. The monoisotopic (exact) mass is 488 g/mol. The Morgan fingerprint density at radius 1 is 1.08 bits per heavy atom. The van der Waals surface area contributed by atoms with Crippen LogP contribution in [0.4, 0.5) is 11.5 Å². The topological polar surface area (TPSA) is 82.6 Å². The Morgan fingerprint density at radius 3 is 2.61 bits per heavy atom. The van der Waals surface area contributed by atoms with E-state index in [1.807, 2.05) is 43.3 Å². The van der Waals surface area contributed by atoms with Crippen LogP contribution in [0.1, 0.15) is 32.3 Å². The van der Waals surface area contributed by atoms with E-state index in [2.05, 4.69) is 50.3 Å². The van der Waals surface area contributed by atoms with Gasteiger partial charge < -0.3 is 20.3 Å². The number of carbonyl (C=O) groups is 1. The molecule has 0 spiro atoms. The number of hydrogen-bond acceptors (Lipinski definition) is 7. The van der Waals surface area contributed by atoms with Crippen molar-refractivity contribution in [2.24, 2.45) is 0 Å². The van der Waals surface area contributed by atoms with Gasteiger partial charge in [0.1, 0.15) is 24.0 Å². The van der Waals surface area contributed by atoms with E-state index in [0.29, 0.717) is 6.54 Å². The molecule has 0 bridgehead atoms. The van der Waals surface area contributed by atoms with Crippen LogP contribution in [0.25, 0.3) is 10.9 Å². The SMILES string of the molecule is Cc1ccc(OC2CCNCC2)cc1NC(=O)CN1C[C@@H](C)N(c2ncnc3ccccc23)[C@@H](C)C1. The number of aromatic nitrogens is 2. The molecule has 2 saturated heterocycles. The lowest BCUT2D eigenvalue weighted by Gasteiger charge is -2.45. The number of amides is 1. The third-order valence-electron chi connectivity index (χ3n) is 7.20. The summed E-state index contributed by atoms with van der Waals surface area (Å²) in [6, 6.07) is 14.5. The highest BCUT2D eigenvalue weighted by Gasteiger charge is 2.32. The van der Waals surface area contributed by atoms with E-state index >= 15 is 0 Å². The number of fused-ring (bicyclic) bond motifs is 1. The standard InChI is InChI=1S/C28H36N6O2/c1-19-8-9-23(36-22-10-12-29-13-11-22)14-26(19)32-27(35)17-33-15-20(2)34(21(3)16-33)28-24-6-4-5-7-25(24)30-18-31-28/h4-9,14,18,20-22,29H,10-13,15-17H2,1-3H3,(H,32,35)/t20-,21+. The van der Waals surface area contributed by atoms with E-state index in [-0.39, 0.29) is 24.1 Å². The molecule has 36 heavy (non-hydrogen) atoms. The molecule has 0 radical (unpaired) electrons. The van der Waals surface area contributed by atoms with Gasteiger partial charge in [-0.3, -0.25) is 9.69 Å². The van der Waals surface area contributed by atoms with Gasteiger partial charge in [0.2, 0.25) is 5.91 Å². The zero-order valence-corrected chi connectivity index (χ0v) is 21.4. The van der Waals surface area contributed by atoms with Crippen molar-refractivity contribution in [2.75, 3.05) is 42.9 Å². The van der Waals surface area contributed by atoms with E-state index in [1.165, 1.54) is 0 Å². The third-order valence-corrected chi connectivity index (χ3v) is 7.20. The average molecular weight is 489 g/mol. The fraction of sp³-hybridized carbons (Fsp3) is 0.464. The summed E-state index contributed by atoms with van der Waals surface area (Å²) in [4.78, 5) is 26.7. The Morgan fingerprint density at radius 2 is 1.83 bits per heavy atom. The van der Waals surface area contributed by atoms with Gasteiger partial charge in [-0.2, -0.15) is 0 Å². The minimum atomic E-state index is -0.00236. The summed E-state index contributed by atoms with van der Waals surface area (Å²) in [7, 11) is 0. The molecule has 2 atom stereocenters. The molecule has 5 rings (SSSR count). The van der Waals surface area contributed by atoms with E-state index in [9.17, 15) is 4.79 Å². The molecule has 8 nitrogen and oxygen atoms in total. The summed E-state index contributed by atoms with van der Waals surface area (Å²) in [6.07, 6.45) is 3.87. The summed E-state index contributed by atoms with van der Waals surface area (Å²) >= 11 is 0. The quantitative estimate of drug-likeness (QED) is 0.549. The predicted octanol–water partition coefficient (Wildman–Crippen LogP) is 3.61. The molecule has 0 aliphatic carbocycles. The second kappa shape index (κ2) is 10.8. The van der Waals surface area contributed by atoms with E-state index < -0.39 is 0 Å². The van der Waals surface area contributed by atoms with Gasteiger partial charge in [0, 0.05) is 42.3 Å². The van der Waals surface area contributed by atoms with Crippen LogP contribution in [0, 0.1) is 6.92 Å². The Balaban J connectivity index is 1.22. The molecule has 1 aromatic heterocycles. The third kappa shape index (κ3) is 5.44. The number of rotatable bonds is 6. The first-order valence-corrected chi connectivity index (χ1v) is 13.0. The van der Waals surface area contributed by atoms with Gasteiger partial charge in [0.25, 0.3) is 0 Å². The highest BCUT2D eigenvalue weighted by molar-refractivity contribution is 5.93. The maximum atomic E-state index is 13.0. The van der Waals surface area contributed by atoms with E-state index in [0.717, 1.165) is 72.7 Å². The van der Waals surface area contributed by atoms with Crippen molar-refractivity contribution in [1.29, 1.82) is 0 Å². The second-order valence-corrected chi connectivity index (χ2v) is 10.1. The van der Waals surface area contributed by atoms with Crippen molar-refractivity contribution in [3.8, 4) is 5.75 Å². The summed E-state index contributed by atoms with van der Waals surface area (Å²) < 4.78 is 6.18. The van der Waals surface area contributed by atoms with Gasteiger partial charge in [0.05, 0.1) is 12.1 Å². The van der Waals surface area contributed by atoms with Crippen LogP contribution in [-0.4, -0.2) is 71.7 Å². The Kier molecular flexibility index (Phi) is 7.34. The molecular weight excluding hydrogens is 452 g/mol. The van der Waals surface area contributed by atoms with Crippen molar-refractivity contribution in [2.45, 2.75) is 51.8 Å². The number of piperazine rings is 1. The van der Waals surface area contributed by atoms with Crippen LogP contribution >= 0.6 is 0 Å². The number of piperidine rings is 1. The fourth-order valence-electron chi connectivity index (χ4n) is 5.48. The van der Waals surface area contributed by atoms with Crippen LogP contribution in [0.5, 0.6) is 5.75 Å². The van der Waals surface area contributed by atoms with Gasteiger partial charge in [-0.05, 0) is 70.5 Å². The van der Waals surface area contributed by atoms with Crippen LogP contribution in [0.15, 0.2) is 48.8 Å². The summed E-state index contributed by atoms with van der Waals surface area (Å²) in [5.41, 5.74) is 2.80. The maximum absolute atomic E-state index is 13.0. The number of nitrogens with zero attached hydrogens (tertiary/aromatic N) is 4. The second-order valence-electron chi connectivity index (χ2n) is 10.1. The summed E-state index contributed by atoms with van der Waals surface area (Å²) in [6.45, 7) is 10.3. The first kappa shape index (κ1) is 24.5. The van der Waals surface area contributed by atoms with Crippen LogP contribution in [-0.2, 0) is 4.79 Å². The minimum Gasteiger partial charge on any atom is -0.490 e. The Labute approximate surface area is 213 Å². The predicted molar refractivity (Wildman–Crippen MR) is 144 cm³/mol. The molecule has 2 fully saturated rings. The van der Waals surface area contributed by atoms with E-state index in [4.69, 9.17) is 4.74 Å². The van der Waals surface area contributed by atoms with Crippen molar-refractivity contribution >= 4 is 28.3 Å². The number of ether oxygens (including phenoxy) is 1. The summed E-state index contributed by atoms with van der Waals surface area (Å²) in [5, 5.41) is 7.55. The molecule has 3 aromatic rings. The fourth-order valence-corrected chi connectivity index (χ4v) is 5.48. The maximum Gasteiger partial charge on any atom is 0.238 e. The van der Waals surface area contributed by atoms with Crippen molar-refractivity contribution in [1.82, 2.24) is 20.2 Å². The normalized spacial score (nSPS) is 21.5. The molecule has 2 aliphatic heterocycles. The molecule has 2 N–H and O–H groups in total. The lowest BCUT2D eigenvalue weighted by molar-refractivity contribution is -0.117. The van der Waals surface area contributed by atoms with Gasteiger partial charge in [-0.25, -0.2) is 9.97 Å². The molecule has 2 aromatic carbocycles. The lowest BCUT2D eigenvalue weighted by Crippen LogP contribution is -2.58. The molecule has 8 heteroatoms. The number of carbonyl (C=O) groups excluding carboxylic acids is 1. The minimum absolute atomic E-state index is 0.00236. The largest absolute Gasteiger partial charge is 0.490 e. The highest BCUT2D eigenvalue weighted by atomic mass is 16.5. The van der Waals surface area contributed by atoms with E-state index in [1.54, 1.807) is 6.33 Å². The smallest absolute Gasteiger partial charge is 0.238 e. The van der Waals surface area contributed by atoms with Crippen LogP contribution in [0.2, 0.25) is 0 Å². The lowest BCUT2D eigenvalue weighted by atomic mass is 10.1. The molecule has 0 unspecified atom stereocenters. The first-order valence-electron chi connectivity index (χ1n) is 13.0. The van der Waals surface area contributed by atoms with Gasteiger partial charge in [-0.1, -0.05) is 18.2 Å². The number of anilines is 2. The zero-order chi connectivity index (χ0) is 25.1. The molecule has 2 aliphatic rings. The van der Waals surface area contributed by atoms with Gasteiger partial charge in [-0.15, -0.1) is 0 Å². The molecule has 3 heterocycles. The summed E-state index contributed by atoms with van der Waals surface area (Å²) in [5.74, 6) is 1.78. The average Bonchev–Trinajstić information content (AvgIpc) is 2.86. The van der Waals surface area contributed by atoms with Crippen molar-refractivity contribution < 1.29 is 9.53 Å². The molecule has 0 saturated carbocycles. The molecular formula is C28H36N6O2. The number of aryl methyl sites for hydroxylation is 1. The Hall–Kier alpha value is -3.23. The highest BCUT2D eigenvalue weighted by Crippen LogP contribution is 2.29. The molecule has 190 valence electrons.